The molecule has 1 saturated carbocycles. The van der Waals surface area contributed by atoms with Crippen molar-refractivity contribution in [3.8, 4) is 0 Å². The van der Waals surface area contributed by atoms with Crippen molar-refractivity contribution in [1.29, 1.82) is 0 Å². The van der Waals surface area contributed by atoms with Crippen LogP contribution in [0.1, 0.15) is 97.3 Å². The van der Waals surface area contributed by atoms with E-state index in [2.05, 4.69) is 19.9 Å². The fraction of sp³-hybridized carbons (Fsp3) is 0.917. The third-order valence-corrected chi connectivity index (χ3v) is 7.44. The molecule has 26 heavy (non-hydrogen) atoms. The zero-order valence-corrected chi connectivity index (χ0v) is 17.5. The van der Waals surface area contributed by atoms with Gasteiger partial charge in [0.2, 0.25) is 0 Å². The molecule has 2 rings (SSSR count). The topological polar surface area (TPSA) is 40.5 Å². The van der Waals surface area contributed by atoms with Gasteiger partial charge in [-0.3, -0.25) is 0 Å². The standard InChI is InChI=1S/C24H44O2/c1-19-9-13-21(14-10-19)23(17-25)7-5-3-4-6-8-24(18-26)22-15-11-20(2)12-16-22/h9,20-26H,3-8,10-18H2,1-2H3. The number of hydrogen-bond acceptors (Lipinski definition) is 2. The van der Waals surface area contributed by atoms with Gasteiger partial charge in [0.1, 0.15) is 0 Å². The number of aliphatic hydroxyl groups is 2. The Morgan fingerprint density at radius 3 is 1.92 bits per heavy atom. The third-order valence-electron chi connectivity index (χ3n) is 7.44. The summed E-state index contributed by atoms with van der Waals surface area (Å²) in [7, 11) is 0. The Bertz CT molecular complexity index is 395. The monoisotopic (exact) mass is 364 g/mol. The average Bonchev–Trinajstić information content (AvgIpc) is 2.66. The molecule has 0 heterocycles. The zero-order valence-electron chi connectivity index (χ0n) is 17.5. The molecule has 2 heteroatoms. The summed E-state index contributed by atoms with van der Waals surface area (Å²) < 4.78 is 0. The molecule has 0 radical (unpaired) electrons. The summed E-state index contributed by atoms with van der Waals surface area (Å²) in [5, 5.41) is 19.5. The minimum absolute atomic E-state index is 0.365. The van der Waals surface area contributed by atoms with E-state index in [4.69, 9.17) is 0 Å². The van der Waals surface area contributed by atoms with Gasteiger partial charge in [0.15, 0.2) is 0 Å². The second-order valence-corrected chi connectivity index (χ2v) is 9.48. The Hall–Kier alpha value is -0.340. The summed E-state index contributed by atoms with van der Waals surface area (Å²) in [6.45, 7) is 5.36. The minimum Gasteiger partial charge on any atom is -0.396 e. The van der Waals surface area contributed by atoms with Crippen LogP contribution in [-0.4, -0.2) is 23.4 Å². The Morgan fingerprint density at radius 1 is 0.846 bits per heavy atom. The Labute approximate surface area is 162 Å². The molecule has 0 aromatic carbocycles. The van der Waals surface area contributed by atoms with E-state index in [0.29, 0.717) is 31.0 Å². The molecule has 2 nitrogen and oxygen atoms in total. The number of hydrogen-bond donors (Lipinski definition) is 2. The van der Waals surface area contributed by atoms with Gasteiger partial charge in [-0.05, 0) is 81.5 Å². The van der Waals surface area contributed by atoms with Gasteiger partial charge in [-0.25, -0.2) is 0 Å². The van der Waals surface area contributed by atoms with E-state index >= 15 is 0 Å². The van der Waals surface area contributed by atoms with Crippen LogP contribution in [0.2, 0.25) is 0 Å². The van der Waals surface area contributed by atoms with Crippen LogP contribution in [0.15, 0.2) is 11.6 Å². The van der Waals surface area contributed by atoms with Crippen molar-refractivity contribution < 1.29 is 10.2 Å². The molecule has 0 spiro atoms. The highest BCUT2D eigenvalue weighted by Crippen LogP contribution is 2.35. The molecule has 2 aliphatic carbocycles. The number of allylic oxidation sites excluding steroid dienone is 2. The summed E-state index contributed by atoms with van der Waals surface area (Å²) >= 11 is 0. The highest BCUT2D eigenvalue weighted by atomic mass is 16.3. The third kappa shape index (κ3) is 7.35. The van der Waals surface area contributed by atoms with Gasteiger partial charge in [0, 0.05) is 13.2 Å². The van der Waals surface area contributed by atoms with E-state index in [1.54, 1.807) is 0 Å². The maximum absolute atomic E-state index is 9.78. The van der Waals surface area contributed by atoms with Crippen LogP contribution in [-0.2, 0) is 0 Å². The van der Waals surface area contributed by atoms with Gasteiger partial charge in [0.25, 0.3) is 0 Å². The van der Waals surface area contributed by atoms with Crippen LogP contribution in [0.4, 0.5) is 0 Å². The Balaban J connectivity index is 1.56. The zero-order chi connectivity index (χ0) is 18.8. The van der Waals surface area contributed by atoms with E-state index in [9.17, 15) is 10.2 Å². The predicted octanol–water partition coefficient (Wildman–Crippen LogP) is 6.12. The maximum atomic E-state index is 9.78. The highest BCUT2D eigenvalue weighted by Gasteiger charge is 2.25. The lowest BCUT2D eigenvalue weighted by molar-refractivity contribution is 0.125. The van der Waals surface area contributed by atoms with Crippen LogP contribution in [0.3, 0.4) is 0 Å². The molecule has 1 fully saturated rings. The van der Waals surface area contributed by atoms with E-state index in [0.717, 1.165) is 11.8 Å². The first-order valence-electron chi connectivity index (χ1n) is 11.5. The van der Waals surface area contributed by atoms with Gasteiger partial charge < -0.3 is 10.2 Å². The largest absolute Gasteiger partial charge is 0.396 e. The minimum atomic E-state index is 0.365. The van der Waals surface area contributed by atoms with Crippen molar-refractivity contribution in [2.45, 2.75) is 97.3 Å². The fourth-order valence-corrected chi connectivity index (χ4v) is 5.29. The number of unbranched alkanes of at least 4 members (excludes halogenated alkanes) is 3. The van der Waals surface area contributed by atoms with Crippen molar-refractivity contribution in [3.05, 3.63) is 11.6 Å². The summed E-state index contributed by atoms with van der Waals surface area (Å²) in [6.07, 6.45) is 19.0. The molecular formula is C24H44O2. The molecule has 0 saturated heterocycles. The van der Waals surface area contributed by atoms with Crippen molar-refractivity contribution in [2.75, 3.05) is 13.2 Å². The second kappa shape index (κ2) is 12.2. The van der Waals surface area contributed by atoms with E-state index in [1.165, 1.54) is 89.0 Å². The molecular weight excluding hydrogens is 320 g/mol. The molecule has 0 amide bonds. The molecule has 0 aromatic rings. The lowest BCUT2D eigenvalue weighted by atomic mass is 9.75. The molecule has 0 aliphatic heterocycles. The van der Waals surface area contributed by atoms with Gasteiger partial charge >= 0.3 is 0 Å². The van der Waals surface area contributed by atoms with Crippen molar-refractivity contribution in [2.24, 2.45) is 29.6 Å². The summed E-state index contributed by atoms with van der Waals surface area (Å²) in [5.74, 6) is 3.43. The van der Waals surface area contributed by atoms with Crippen molar-refractivity contribution >= 4 is 0 Å². The number of rotatable bonds is 11. The Morgan fingerprint density at radius 2 is 1.42 bits per heavy atom. The summed E-state index contributed by atoms with van der Waals surface area (Å²) in [5.41, 5.74) is 1.53. The Kier molecular flexibility index (Phi) is 10.3. The first kappa shape index (κ1) is 22.0. The SMILES string of the molecule is CC1=CCC(C(CO)CCCCCCC(CO)C2CCC(C)CC2)CC1. The van der Waals surface area contributed by atoms with Crippen LogP contribution < -0.4 is 0 Å². The first-order chi connectivity index (χ1) is 12.6. The van der Waals surface area contributed by atoms with Gasteiger partial charge in [0.05, 0.1) is 0 Å². The summed E-state index contributed by atoms with van der Waals surface area (Å²) in [4.78, 5) is 0. The molecule has 3 unspecified atom stereocenters. The molecule has 0 aromatic heterocycles. The van der Waals surface area contributed by atoms with E-state index in [-0.39, 0.29) is 0 Å². The molecule has 3 atom stereocenters. The first-order valence-corrected chi connectivity index (χ1v) is 11.5. The summed E-state index contributed by atoms with van der Waals surface area (Å²) in [6, 6.07) is 0. The van der Waals surface area contributed by atoms with E-state index in [1.807, 2.05) is 0 Å². The smallest absolute Gasteiger partial charge is 0.0462 e. The van der Waals surface area contributed by atoms with Crippen LogP contribution in [0.25, 0.3) is 0 Å². The van der Waals surface area contributed by atoms with Crippen LogP contribution in [0.5, 0.6) is 0 Å². The lowest BCUT2D eigenvalue weighted by Crippen LogP contribution is -2.23. The van der Waals surface area contributed by atoms with Gasteiger partial charge in [-0.15, -0.1) is 0 Å². The molecule has 2 N–H and O–H groups in total. The predicted molar refractivity (Wildman–Crippen MR) is 111 cm³/mol. The van der Waals surface area contributed by atoms with Gasteiger partial charge in [-0.1, -0.05) is 57.1 Å². The average molecular weight is 365 g/mol. The number of aliphatic hydroxyl groups excluding tert-OH is 2. The van der Waals surface area contributed by atoms with Crippen molar-refractivity contribution in [3.63, 3.8) is 0 Å². The fourth-order valence-electron chi connectivity index (χ4n) is 5.29. The van der Waals surface area contributed by atoms with Crippen LogP contribution in [0, 0.1) is 29.6 Å². The molecule has 0 bridgehead atoms. The quantitative estimate of drug-likeness (QED) is 0.342. The van der Waals surface area contributed by atoms with Crippen LogP contribution >= 0.6 is 0 Å². The van der Waals surface area contributed by atoms with E-state index < -0.39 is 0 Å². The second-order valence-electron chi connectivity index (χ2n) is 9.48. The molecule has 2 aliphatic rings. The molecule has 152 valence electrons. The maximum Gasteiger partial charge on any atom is 0.0462 e. The van der Waals surface area contributed by atoms with Gasteiger partial charge in [-0.2, -0.15) is 0 Å². The lowest BCUT2D eigenvalue weighted by Gasteiger charge is -2.32. The normalized spacial score (nSPS) is 29.2. The highest BCUT2D eigenvalue weighted by molar-refractivity contribution is 5.03. The van der Waals surface area contributed by atoms with Crippen molar-refractivity contribution in [1.82, 2.24) is 0 Å².